The molecule has 1 rings (SSSR count). The van der Waals surface area contributed by atoms with Crippen LogP contribution in [0.1, 0.15) is 27.7 Å². The van der Waals surface area contributed by atoms with Gasteiger partial charge in [0.05, 0.1) is 0 Å². The quantitative estimate of drug-likeness (QED) is 0.758. The topological polar surface area (TPSA) is 6.48 Å². The lowest BCUT2D eigenvalue weighted by molar-refractivity contribution is 0.100. The Bertz CT molecular complexity index is 193. The van der Waals surface area contributed by atoms with Gasteiger partial charge in [0, 0.05) is 32.7 Å². The molecule has 3 heteroatoms. The number of piperazine rings is 1. The summed E-state index contributed by atoms with van der Waals surface area (Å²) in [4.78, 5) is 5.14. The number of nitrogens with zero attached hydrogens (tertiary/aromatic N) is 2. The molecule has 0 aromatic rings. The molecule has 0 amide bonds. The summed E-state index contributed by atoms with van der Waals surface area (Å²) in [6.07, 6.45) is 0. The molecule has 0 aromatic carbocycles. The molecule has 16 heavy (non-hydrogen) atoms. The summed E-state index contributed by atoms with van der Waals surface area (Å²) in [5, 5.41) is 0. The van der Waals surface area contributed by atoms with Gasteiger partial charge < -0.3 is 9.80 Å². The first kappa shape index (κ1) is 14.3. The monoisotopic (exact) mass is 244 g/mol. The molecule has 1 aliphatic rings. The van der Waals surface area contributed by atoms with E-state index in [0.717, 1.165) is 5.75 Å². The molecule has 2 nitrogen and oxygen atoms in total. The molecule has 1 unspecified atom stereocenters. The van der Waals surface area contributed by atoms with Crippen molar-refractivity contribution in [3.63, 3.8) is 0 Å². The van der Waals surface area contributed by atoms with E-state index in [1.807, 2.05) is 0 Å². The highest BCUT2D eigenvalue weighted by Gasteiger charge is 2.26. The van der Waals surface area contributed by atoms with Crippen molar-refractivity contribution < 1.29 is 0 Å². The Morgan fingerprint density at radius 1 is 1.06 bits per heavy atom. The van der Waals surface area contributed by atoms with Crippen molar-refractivity contribution in [2.75, 3.05) is 45.0 Å². The van der Waals surface area contributed by atoms with E-state index in [1.165, 1.54) is 39.3 Å². The van der Waals surface area contributed by atoms with Crippen molar-refractivity contribution in [1.29, 1.82) is 0 Å². The molecule has 1 fully saturated rings. The molecule has 0 bridgehead atoms. The smallest absolute Gasteiger partial charge is 0.0110 e. The molecule has 0 N–H and O–H groups in total. The van der Waals surface area contributed by atoms with Crippen LogP contribution in [-0.4, -0.2) is 54.8 Å². The zero-order valence-electron chi connectivity index (χ0n) is 11.4. The summed E-state index contributed by atoms with van der Waals surface area (Å²) in [6, 6.07) is 0. The average Bonchev–Trinajstić information content (AvgIpc) is 2.25. The first-order chi connectivity index (χ1) is 7.47. The molecule has 1 heterocycles. The van der Waals surface area contributed by atoms with Crippen LogP contribution < -0.4 is 0 Å². The van der Waals surface area contributed by atoms with Gasteiger partial charge in [-0.1, -0.05) is 27.7 Å². The number of rotatable bonds is 4. The van der Waals surface area contributed by atoms with E-state index in [9.17, 15) is 0 Å². The maximum Gasteiger partial charge on any atom is 0.0110 e. The lowest BCUT2D eigenvalue weighted by Gasteiger charge is -2.39. The molecule has 0 radical (unpaired) electrons. The molecule has 1 atom stereocenters. The normalized spacial score (nSPS) is 22.3. The minimum absolute atomic E-state index is 0.379. The summed E-state index contributed by atoms with van der Waals surface area (Å²) in [7, 11) is 0. The van der Waals surface area contributed by atoms with Crippen molar-refractivity contribution in [2.24, 2.45) is 11.3 Å². The van der Waals surface area contributed by atoms with Crippen LogP contribution in [0.4, 0.5) is 0 Å². The van der Waals surface area contributed by atoms with E-state index < -0.39 is 0 Å². The van der Waals surface area contributed by atoms with Crippen LogP contribution in [-0.2, 0) is 0 Å². The average molecular weight is 244 g/mol. The predicted molar refractivity (Wildman–Crippen MR) is 75.4 cm³/mol. The Hall–Kier alpha value is 0.270. The third-order valence-corrected chi connectivity index (χ3v) is 4.28. The van der Waals surface area contributed by atoms with Crippen LogP contribution in [0.5, 0.6) is 0 Å². The van der Waals surface area contributed by atoms with Crippen LogP contribution in [0.25, 0.3) is 0 Å². The van der Waals surface area contributed by atoms with Gasteiger partial charge in [-0.15, -0.1) is 0 Å². The number of hydrogen-bond donors (Lipinski definition) is 1. The van der Waals surface area contributed by atoms with E-state index in [4.69, 9.17) is 0 Å². The molecule has 0 aromatic heterocycles. The molecule has 0 aliphatic carbocycles. The van der Waals surface area contributed by atoms with Gasteiger partial charge in [-0.25, -0.2) is 0 Å². The van der Waals surface area contributed by atoms with E-state index in [0.29, 0.717) is 11.3 Å². The zero-order valence-corrected chi connectivity index (χ0v) is 12.3. The standard InChI is InChI=1S/C13H28N2S/c1-5-14-6-8-15(9-7-14)10-12(11-16)13(2,3)4/h12,16H,5-11H2,1-4H3. The second-order valence-electron chi connectivity index (χ2n) is 5.98. The first-order valence-corrected chi connectivity index (χ1v) is 7.16. The van der Waals surface area contributed by atoms with Gasteiger partial charge in [-0.2, -0.15) is 12.6 Å². The van der Waals surface area contributed by atoms with Gasteiger partial charge in [0.1, 0.15) is 0 Å². The number of hydrogen-bond acceptors (Lipinski definition) is 3. The van der Waals surface area contributed by atoms with Crippen LogP contribution in [0.15, 0.2) is 0 Å². The summed E-state index contributed by atoms with van der Waals surface area (Å²) in [6.45, 7) is 16.6. The maximum absolute atomic E-state index is 4.51. The zero-order chi connectivity index (χ0) is 12.2. The maximum atomic E-state index is 4.51. The fraction of sp³-hybridized carbons (Fsp3) is 1.00. The van der Waals surface area contributed by atoms with Gasteiger partial charge in [0.15, 0.2) is 0 Å². The lowest BCUT2D eigenvalue weighted by atomic mass is 9.81. The molecule has 0 saturated carbocycles. The minimum Gasteiger partial charge on any atom is -0.301 e. The van der Waals surface area contributed by atoms with Crippen molar-refractivity contribution in [1.82, 2.24) is 9.80 Å². The highest BCUT2D eigenvalue weighted by Crippen LogP contribution is 2.27. The number of thiol groups is 1. The van der Waals surface area contributed by atoms with Crippen molar-refractivity contribution >= 4 is 12.6 Å². The second-order valence-corrected chi connectivity index (χ2v) is 6.35. The van der Waals surface area contributed by atoms with Gasteiger partial charge in [-0.3, -0.25) is 0 Å². The molecular weight excluding hydrogens is 216 g/mol. The van der Waals surface area contributed by atoms with Crippen LogP contribution in [0, 0.1) is 11.3 Å². The summed E-state index contributed by atoms with van der Waals surface area (Å²) < 4.78 is 0. The van der Waals surface area contributed by atoms with Crippen molar-refractivity contribution in [2.45, 2.75) is 27.7 Å². The second kappa shape index (κ2) is 6.27. The highest BCUT2D eigenvalue weighted by molar-refractivity contribution is 7.80. The Labute approximate surface area is 107 Å². The van der Waals surface area contributed by atoms with Crippen molar-refractivity contribution in [3.8, 4) is 0 Å². The summed E-state index contributed by atoms with van der Waals surface area (Å²) in [5.41, 5.74) is 0.379. The van der Waals surface area contributed by atoms with Crippen molar-refractivity contribution in [3.05, 3.63) is 0 Å². The van der Waals surface area contributed by atoms with Crippen LogP contribution in [0.3, 0.4) is 0 Å². The third kappa shape index (κ3) is 4.27. The predicted octanol–water partition coefficient (Wildman–Crippen LogP) is 2.22. The van der Waals surface area contributed by atoms with E-state index >= 15 is 0 Å². The summed E-state index contributed by atoms with van der Waals surface area (Å²) >= 11 is 4.51. The molecular formula is C13H28N2S. The molecule has 1 saturated heterocycles. The van der Waals surface area contributed by atoms with Crippen LogP contribution in [0.2, 0.25) is 0 Å². The Kier molecular flexibility index (Phi) is 5.62. The van der Waals surface area contributed by atoms with E-state index in [2.05, 4.69) is 50.1 Å². The minimum atomic E-state index is 0.379. The Morgan fingerprint density at radius 2 is 1.56 bits per heavy atom. The lowest BCUT2D eigenvalue weighted by Crippen LogP contribution is -2.49. The third-order valence-electron chi connectivity index (χ3n) is 3.84. The van der Waals surface area contributed by atoms with Gasteiger partial charge in [-0.05, 0) is 23.6 Å². The van der Waals surface area contributed by atoms with Gasteiger partial charge in [0.25, 0.3) is 0 Å². The van der Waals surface area contributed by atoms with Gasteiger partial charge >= 0.3 is 0 Å². The number of likely N-dealkylation sites (N-methyl/N-ethyl adjacent to an activating group) is 1. The summed E-state index contributed by atoms with van der Waals surface area (Å²) in [5.74, 6) is 1.70. The fourth-order valence-corrected chi connectivity index (χ4v) is 2.87. The van der Waals surface area contributed by atoms with E-state index in [1.54, 1.807) is 0 Å². The molecule has 0 spiro atoms. The van der Waals surface area contributed by atoms with Crippen LogP contribution >= 0.6 is 12.6 Å². The van der Waals surface area contributed by atoms with E-state index in [-0.39, 0.29) is 0 Å². The molecule has 96 valence electrons. The SMILES string of the molecule is CCN1CCN(CC(CS)C(C)(C)C)CC1. The van der Waals surface area contributed by atoms with Gasteiger partial charge in [0.2, 0.25) is 0 Å². The fourth-order valence-electron chi connectivity index (χ4n) is 2.21. The Morgan fingerprint density at radius 3 is 1.94 bits per heavy atom. The first-order valence-electron chi connectivity index (χ1n) is 6.53. The highest BCUT2D eigenvalue weighted by atomic mass is 32.1. The largest absolute Gasteiger partial charge is 0.301 e. The molecule has 1 aliphatic heterocycles. The Balaban J connectivity index is 2.37.